The molecule has 2 aromatic rings. The Kier molecular flexibility index (Phi) is 2.21. The van der Waals surface area contributed by atoms with Crippen molar-refractivity contribution in [3.8, 4) is 0 Å². The van der Waals surface area contributed by atoms with Crippen LogP contribution < -0.4 is 0 Å². The van der Waals surface area contributed by atoms with Gasteiger partial charge in [-0.25, -0.2) is 0 Å². The summed E-state index contributed by atoms with van der Waals surface area (Å²) >= 11 is 0. The molecule has 0 atom stereocenters. The minimum Gasteiger partial charge on any atom is -0.460 e. The molecule has 0 saturated carbocycles. The van der Waals surface area contributed by atoms with Crippen LogP contribution in [0.4, 0.5) is 0 Å². The molecule has 0 N–H and O–H groups in total. The number of hydrogen-bond acceptors (Lipinski definition) is 1. The first-order valence-electron chi connectivity index (χ1n) is 2.81. The van der Waals surface area contributed by atoms with Crippen LogP contribution in [-0.2, 0) is 0 Å². The largest absolute Gasteiger partial charge is 0.460 e. The molecule has 0 aliphatic carbocycles. The van der Waals surface area contributed by atoms with Gasteiger partial charge in [0.25, 0.3) is 0 Å². The van der Waals surface area contributed by atoms with Crippen molar-refractivity contribution in [1.29, 1.82) is 0 Å². The summed E-state index contributed by atoms with van der Waals surface area (Å²) in [7, 11) is 0. The zero-order chi connectivity index (χ0) is 6.10. The molecule has 0 unspecified atom stereocenters. The van der Waals surface area contributed by atoms with Gasteiger partial charge in [0.15, 0.2) is 6.26 Å². The smallest absolute Gasteiger partial charge is 0.177 e. The predicted molar refractivity (Wildman–Crippen MR) is 42.2 cm³/mol. The summed E-state index contributed by atoms with van der Waals surface area (Å²) < 4.78 is 4.84. The van der Waals surface area contributed by atoms with Crippen molar-refractivity contribution >= 4 is 29.6 Å². The van der Waals surface area contributed by atoms with Gasteiger partial charge in [0.1, 0.15) is 0 Å². The third kappa shape index (κ3) is 1.11. The Balaban J connectivity index is 0.000000500. The monoisotopic (exact) mass is 125 g/mol. The average Bonchev–Trinajstić information content (AvgIpc) is 2.33. The Morgan fingerprint density at radius 1 is 1.20 bits per heavy atom. The van der Waals surface area contributed by atoms with Gasteiger partial charge < -0.3 is 4.42 Å². The topological polar surface area (TPSA) is 13.1 Å². The van der Waals surface area contributed by atoms with Crippen LogP contribution in [0, 0.1) is 6.26 Å². The van der Waals surface area contributed by atoms with E-state index in [-0.39, 0.29) is 18.9 Å². The molecule has 0 saturated heterocycles. The molecule has 0 aliphatic rings. The molecular weight excluding hydrogens is 119 g/mol. The maximum absolute atomic E-state index is 4.84. The molecule has 1 heterocycles. The van der Waals surface area contributed by atoms with Crippen LogP contribution in [0.5, 0.6) is 0 Å². The van der Waals surface area contributed by atoms with Crippen LogP contribution in [0.2, 0.25) is 0 Å². The Morgan fingerprint density at radius 2 is 2.00 bits per heavy atom. The van der Waals surface area contributed by atoms with E-state index in [1.807, 2.05) is 24.3 Å². The number of rotatable bonds is 0. The van der Waals surface area contributed by atoms with Crippen molar-refractivity contribution < 1.29 is 4.42 Å². The fraction of sp³-hybridized carbons (Fsp3) is 0. The minimum absolute atomic E-state index is 0. The number of benzene rings is 1. The normalized spacial score (nSPS) is 9.20. The zero-order valence-corrected chi connectivity index (χ0v) is 4.79. The Hall–Kier alpha value is -0.643. The summed E-state index contributed by atoms with van der Waals surface area (Å²) in [6, 6.07) is 7.91. The first-order chi connectivity index (χ1) is 4.47. The van der Waals surface area contributed by atoms with Crippen molar-refractivity contribution in [1.82, 2.24) is 0 Å². The third-order valence-electron chi connectivity index (χ3n) is 1.32. The molecule has 1 aromatic carbocycles. The predicted octanol–water partition coefficient (Wildman–Crippen LogP) is 1.58. The minimum atomic E-state index is 0. The maximum Gasteiger partial charge on any atom is 0.177 e. The van der Waals surface area contributed by atoms with Crippen molar-refractivity contribution in [3.63, 3.8) is 0 Å². The second kappa shape index (κ2) is 2.96. The molecule has 2 rings (SSSR count). The van der Waals surface area contributed by atoms with Crippen LogP contribution in [0.1, 0.15) is 0 Å². The summed E-state index contributed by atoms with van der Waals surface area (Å²) in [5, 5.41) is 2.15. The average molecular weight is 125 g/mol. The molecule has 10 heavy (non-hydrogen) atoms. The van der Waals surface area contributed by atoms with Gasteiger partial charge in [-0.1, -0.05) is 24.3 Å². The van der Waals surface area contributed by atoms with E-state index in [2.05, 4.69) is 6.26 Å². The molecule has 0 spiro atoms. The van der Waals surface area contributed by atoms with E-state index in [1.54, 1.807) is 6.26 Å². The quantitative estimate of drug-likeness (QED) is 0.487. The van der Waals surface area contributed by atoms with Gasteiger partial charge in [-0.2, -0.15) is 0 Å². The summed E-state index contributed by atoms with van der Waals surface area (Å²) in [5.41, 5.74) is 0. The Morgan fingerprint density at radius 3 is 2.80 bits per heavy atom. The van der Waals surface area contributed by atoms with Crippen LogP contribution in [0.15, 0.2) is 34.9 Å². The van der Waals surface area contributed by atoms with Gasteiger partial charge in [0, 0.05) is 10.8 Å². The second-order valence-corrected chi connectivity index (χ2v) is 1.93. The standard InChI is InChI=1S/C8H5O.Li.H/c1-2-4-8-6-9-5-7(8)3-1;;/h1-5H;;. The summed E-state index contributed by atoms with van der Waals surface area (Å²) in [4.78, 5) is 0. The number of fused-ring (bicyclic) bond motifs is 1. The molecular formula is C8H6LiO. The van der Waals surface area contributed by atoms with Gasteiger partial charge in [-0.05, 0) is 0 Å². The summed E-state index contributed by atoms with van der Waals surface area (Å²) in [6.45, 7) is 0. The van der Waals surface area contributed by atoms with E-state index < -0.39 is 0 Å². The van der Waals surface area contributed by atoms with Crippen LogP contribution >= 0.6 is 0 Å². The van der Waals surface area contributed by atoms with Gasteiger partial charge in [0.05, 0.1) is 6.26 Å². The SMILES string of the molecule is [LiH].[c]1occ2ccccc12. The van der Waals surface area contributed by atoms with Crippen molar-refractivity contribution in [2.24, 2.45) is 0 Å². The maximum atomic E-state index is 4.84. The van der Waals surface area contributed by atoms with Crippen LogP contribution in [0.25, 0.3) is 10.8 Å². The van der Waals surface area contributed by atoms with E-state index in [4.69, 9.17) is 4.42 Å². The molecule has 0 aliphatic heterocycles. The van der Waals surface area contributed by atoms with Gasteiger partial charge in [-0.15, -0.1) is 0 Å². The first-order valence-corrected chi connectivity index (χ1v) is 2.81. The van der Waals surface area contributed by atoms with Gasteiger partial charge in [0.2, 0.25) is 0 Å². The van der Waals surface area contributed by atoms with Gasteiger partial charge >= 0.3 is 18.9 Å². The summed E-state index contributed by atoms with van der Waals surface area (Å²) in [6.07, 6.45) is 4.43. The van der Waals surface area contributed by atoms with Crippen LogP contribution in [0.3, 0.4) is 0 Å². The third-order valence-corrected chi connectivity index (χ3v) is 1.32. The van der Waals surface area contributed by atoms with E-state index >= 15 is 0 Å². The van der Waals surface area contributed by atoms with E-state index in [1.165, 1.54) is 0 Å². The van der Waals surface area contributed by atoms with Crippen molar-refractivity contribution in [2.45, 2.75) is 0 Å². The fourth-order valence-corrected chi connectivity index (χ4v) is 0.849. The zero-order valence-electron chi connectivity index (χ0n) is 4.79. The van der Waals surface area contributed by atoms with E-state index in [0.717, 1.165) is 10.8 Å². The Labute approximate surface area is 71.2 Å². The van der Waals surface area contributed by atoms with E-state index in [0.29, 0.717) is 0 Å². The second-order valence-electron chi connectivity index (χ2n) is 1.93. The van der Waals surface area contributed by atoms with Crippen molar-refractivity contribution in [2.75, 3.05) is 0 Å². The van der Waals surface area contributed by atoms with E-state index in [9.17, 15) is 0 Å². The Bertz CT molecular complexity index is 283. The molecule has 0 amide bonds. The van der Waals surface area contributed by atoms with Gasteiger partial charge in [-0.3, -0.25) is 0 Å². The molecule has 2 heteroatoms. The number of hydrogen-bond donors (Lipinski definition) is 0. The molecule has 0 fully saturated rings. The first kappa shape index (κ1) is 7.46. The molecule has 1 aromatic heterocycles. The molecule has 45 valence electrons. The summed E-state index contributed by atoms with van der Waals surface area (Å²) in [5.74, 6) is 0. The molecule has 1 radical (unpaired) electrons. The fourth-order valence-electron chi connectivity index (χ4n) is 0.849. The molecule has 0 bridgehead atoms. The number of furan rings is 1. The molecule has 1 nitrogen and oxygen atoms in total. The van der Waals surface area contributed by atoms with Crippen molar-refractivity contribution in [3.05, 3.63) is 36.8 Å². The van der Waals surface area contributed by atoms with Crippen LogP contribution in [-0.4, -0.2) is 18.9 Å².